The van der Waals surface area contributed by atoms with Crippen LogP contribution in [0.3, 0.4) is 0 Å². The maximum absolute atomic E-state index is 12.5. The van der Waals surface area contributed by atoms with Crippen molar-refractivity contribution < 1.29 is 14.6 Å². The zero-order valence-corrected chi connectivity index (χ0v) is 13.4. The highest BCUT2D eigenvalue weighted by atomic mass is 35.5. The Morgan fingerprint density at radius 3 is 3.14 bits per heavy atom. The summed E-state index contributed by atoms with van der Waals surface area (Å²) in [7, 11) is 0. The molecule has 1 aromatic carbocycles. The Hall–Kier alpha value is -1.30. The first-order valence-corrected chi connectivity index (χ1v) is 7.93. The van der Waals surface area contributed by atoms with Gasteiger partial charge in [-0.1, -0.05) is 17.7 Å². The van der Waals surface area contributed by atoms with Gasteiger partial charge >= 0.3 is 6.03 Å². The van der Waals surface area contributed by atoms with Crippen molar-refractivity contribution in [3.63, 3.8) is 0 Å². The lowest BCUT2D eigenvalue weighted by Gasteiger charge is -2.36. The number of amides is 2. The van der Waals surface area contributed by atoms with Gasteiger partial charge in [0.05, 0.1) is 13.2 Å². The van der Waals surface area contributed by atoms with Gasteiger partial charge in [-0.3, -0.25) is 0 Å². The number of hydrogen-bond donors (Lipinski definition) is 2. The number of hydrogen-bond acceptors (Lipinski definition) is 3. The van der Waals surface area contributed by atoms with Crippen molar-refractivity contribution in [2.75, 3.05) is 38.2 Å². The molecule has 0 radical (unpaired) electrons. The topological polar surface area (TPSA) is 61.8 Å². The van der Waals surface area contributed by atoms with Crippen LogP contribution in [-0.2, 0) is 4.74 Å². The van der Waals surface area contributed by atoms with E-state index in [2.05, 4.69) is 5.32 Å². The minimum absolute atomic E-state index is 0.0532. The number of aliphatic hydroxyl groups excluding tert-OH is 1. The first kappa shape index (κ1) is 15.6. The van der Waals surface area contributed by atoms with Crippen LogP contribution in [0.15, 0.2) is 18.2 Å². The molecule has 0 aromatic heterocycles. The molecule has 0 unspecified atom stereocenters. The number of aliphatic hydroxyl groups is 1. The lowest BCUT2D eigenvalue weighted by atomic mass is 9.76. The van der Waals surface area contributed by atoms with Gasteiger partial charge < -0.3 is 20.1 Å². The van der Waals surface area contributed by atoms with E-state index in [1.807, 2.05) is 19.1 Å². The van der Waals surface area contributed by atoms with E-state index in [1.165, 1.54) is 0 Å². The van der Waals surface area contributed by atoms with Crippen LogP contribution in [0.25, 0.3) is 0 Å². The van der Waals surface area contributed by atoms with Crippen LogP contribution in [0.1, 0.15) is 12.0 Å². The number of anilines is 1. The molecule has 2 saturated heterocycles. The summed E-state index contributed by atoms with van der Waals surface area (Å²) in [5.74, 6) is 0.303. The van der Waals surface area contributed by atoms with E-state index in [0.29, 0.717) is 37.2 Å². The molecule has 0 saturated carbocycles. The second-order valence-electron chi connectivity index (χ2n) is 6.28. The van der Waals surface area contributed by atoms with E-state index in [0.717, 1.165) is 17.7 Å². The molecule has 0 spiro atoms. The Morgan fingerprint density at radius 1 is 1.59 bits per heavy atom. The number of carbonyl (C=O) groups excluding carboxylic acids is 1. The number of halogens is 1. The normalized spacial score (nSPS) is 27.6. The van der Waals surface area contributed by atoms with E-state index in [9.17, 15) is 9.90 Å². The number of urea groups is 1. The molecule has 3 rings (SSSR count). The summed E-state index contributed by atoms with van der Waals surface area (Å²) < 4.78 is 5.52. The molecule has 2 atom stereocenters. The summed E-state index contributed by atoms with van der Waals surface area (Å²) >= 11 is 6.09. The van der Waals surface area contributed by atoms with E-state index < -0.39 is 0 Å². The van der Waals surface area contributed by atoms with E-state index in [1.54, 1.807) is 11.0 Å². The van der Waals surface area contributed by atoms with Crippen LogP contribution in [0, 0.1) is 18.3 Å². The first-order valence-electron chi connectivity index (χ1n) is 7.55. The molecule has 2 aliphatic rings. The number of ether oxygens (including phenoxy) is 1. The number of benzene rings is 1. The number of fused-ring (bicyclic) bond motifs is 1. The number of likely N-dealkylation sites (tertiary alicyclic amines) is 1. The van der Waals surface area contributed by atoms with Crippen molar-refractivity contribution in [3.05, 3.63) is 28.8 Å². The molecule has 1 aromatic rings. The van der Waals surface area contributed by atoms with Crippen LogP contribution in [-0.4, -0.2) is 48.9 Å². The number of nitrogens with one attached hydrogen (secondary N) is 1. The third kappa shape index (κ3) is 2.69. The SMILES string of the molecule is Cc1c(Cl)cccc1NC(=O)N1C[C@@H]2CCOC[C@]2(CO)C1. The second-order valence-corrected chi connectivity index (χ2v) is 6.69. The number of nitrogens with zero attached hydrogens (tertiary/aromatic N) is 1. The fourth-order valence-electron chi connectivity index (χ4n) is 3.41. The predicted molar refractivity (Wildman–Crippen MR) is 85.2 cm³/mol. The molecule has 5 nitrogen and oxygen atoms in total. The van der Waals surface area contributed by atoms with Gasteiger partial charge in [0.25, 0.3) is 0 Å². The molecule has 0 bridgehead atoms. The average molecular weight is 325 g/mol. The van der Waals surface area contributed by atoms with Crippen LogP contribution in [0.5, 0.6) is 0 Å². The quantitative estimate of drug-likeness (QED) is 0.878. The Balaban J connectivity index is 1.72. The lowest BCUT2D eigenvalue weighted by molar-refractivity contribution is -0.0555. The molecule has 2 fully saturated rings. The zero-order chi connectivity index (χ0) is 15.7. The summed E-state index contributed by atoms with van der Waals surface area (Å²) in [6.45, 7) is 4.35. The molecular weight excluding hydrogens is 304 g/mol. The third-order valence-electron chi connectivity index (χ3n) is 4.92. The molecule has 2 heterocycles. The highest BCUT2D eigenvalue weighted by Gasteiger charge is 2.49. The average Bonchev–Trinajstić information content (AvgIpc) is 2.92. The molecule has 6 heteroatoms. The minimum atomic E-state index is -0.307. The summed E-state index contributed by atoms with van der Waals surface area (Å²) in [6, 6.07) is 5.31. The standard InChI is InChI=1S/C16H21ClN2O3/c1-11-13(17)3-2-4-14(11)18-15(21)19-7-12-5-6-22-10-16(12,8-19)9-20/h2-4,12,20H,5-10H2,1H3,(H,18,21)/t12-,16+/m0/s1. The van der Waals surface area contributed by atoms with Crippen molar-refractivity contribution in [3.8, 4) is 0 Å². The smallest absolute Gasteiger partial charge is 0.321 e. The monoisotopic (exact) mass is 324 g/mol. The maximum atomic E-state index is 12.5. The summed E-state index contributed by atoms with van der Waals surface area (Å²) in [4.78, 5) is 14.3. The van der Waals surface area contributed by atoms with Gasteiger partial charge in [-0.2, -0.15) is 0 Å². The molecule has 2 amide bonds. The molecule has 22 heavy (non-hydrogen) atoms. The summed E-state index contributed by atoms with van der Waals surface area (Å²) in [6.07, 6.45) is 0.889. The second kappa shape index (κ2) is 6.07. The molecule has 2 N–H and O–H groups in total. The van der Waals surface area contributed by atoms with Gasteiger partial charge in [-0.25, -0.2) is 4.79 Å². The van der Waals surface area contributed by atoms with Crippen molar-refractivity contribution in [1.82, 2.24) is 4.90 Å². The predicted octanol–water partition coefficient (Wildman–Crippen LogP) is 2.51. The van der Waals surface area contributed by atoms with E-state index in [4.69, 9.17) is 16.3 Å². The fourth-order valence-corrected chi connectivity index (χ4v) is 3.59. The molecule has 120 valence electrons. The van der Waals surface area contributed by atoms with Crippen molar-refractivity contribution in [2.45, 2.75) is 13.3 Å². The largest absolute Gasteiger partial charge is 0.396 e. The van der Waals surface area contributed by atoms with Gasteiger partial charge in [-0.05, 0) is 37.0 Å². The van der Waals surface area contributed by atoms with Crippen LogP contribution < -0.4 is 5.32 Å². The Morgan fingerprint density at radius 2 is 2.41 bits per heavy atom. The molecular formula is C16H21ClN2O3. The van der Waals surface area contributed by atoms with Crippen LogP contribution >= 0.6 is 11.6 Å². The van der Waals surface area contributed by atoms with E-state index in [-0.39, 0.29) is 18.1 Å². The maximum Gasteiger partial charge on any atom is 0.321 e. The Labute approximate surface area is 135 Å². The van der Waals surface area contributed by atoms with Crippen molar-refractivity contribution in [2.24, 2.45) is 11.3 Å². The number of carbonyl (C=O) groups is 1. The summed E-state index contributed by atoms with van der Waals surface area (Å²) in [5.41, 5.74) is 1.27. The molecule has 0 aliphatic carbocycles. The minimum Gasteiger partial charge on any atom is -0.396 e. The van der Waals surface area contributed by atoms with Gasteiger partial charge in [0.1, 0.15) is 0 Å². The van der Waals surface area contributed by atoms with Crippen molar-refractivity contribution >= 4 is 23.3 Å². The van der Waals surface area contributed by atoms with Gasteiger partial charge in [0.2, 0.25) is 0 Å². The Bertz CT molecular complexity index is 581. The molecule has 2 aliphatic heterocycles. The first-order chi connectivity index (χ1) is 10.6. The highest BCUT2D eigenvalue weighted by Crippen LogP contribution is 2.41. The van der Waals surface area contributed by atoms with Crippen LogP contribution in [0.2, 0.25) is 5.02 Å². The highest BCUT2D eigenvalue weighted by molar-refractivity contribution is 6.31. The van der Waals surface area contributed by atoms with Gasteiger partial charge in [0.15, 0.2) is 0 Å². The van der Waals surface area contributed by atoms with Gasteiger partial charge in [0, 0.05) is 35.8 Å². The summed E-state index contributed by atoms with van der Waals surface area (Å²) in [5, 5.41) is 13.3. The zero-order valence-electron chi connectivity index (χ0n) is 12.6. The van der Waals surface area contributed by atoms with E-state index >= 15 is 0 Å². The van der Waals surface area contributed by atoms with Gasteiger partial charge in [-0.15, -0.1) is 0 Å². The fraction of sp³-hybridized carbons (Fsp3) is 0.562. The van der Waals surface area contributed by atoms with Crippen molar-refractivity contribution in [1.29, 1.82) is 0 Å². The number of rotatable bonds is 2. The van der Waals surface area contributed by atoms with Crippen LogP contribution in [0.4, 0.5) is 10.5 Å². The Kier molecular flexibility index (Phi) is 4.30. The third-order valence-corrected chi connectivity index (χ3v) is 5.33. The lowest BCUT2D eigenvalue weighted by Crippen LogP contribution is -2.43.